The molecule has 1 aliphatic rings. The summed E-state index contributed by atoms with van der Waals surface area (Å²) in [5.41, 5.74) is 6.76. The van der Waals surface area contributed by atoms with E-state index in [9.17, 15) is 0 Å². The average Bonchev–Trinajstić information content (AvgIpc) is 2.38. The molecule has 0 saturated heterocycles. The topological polar surface area (TPSA) is 48.1 Å². The first kappa shape index (κ1) is 13.0. The van der Waals surface area contributed by atoms with Crippen LogP contribution >= 0.6 is 15.9 Å². The fraction of sp³-hybridized carbons (Fsp3) is 0.615. The molecule has 0 amide bonds. The Labute approximate surface area is 111 Å². The summed E-state index contributed by atoms with van der Waals surface area (Å²) in [6, 6.07) is 3.98. The Balaban J connectivity index is 1.86. The second-order valence-corrected chi connectivity index (χ2v) is 5.51. The van der Waals surface area contributed by atoms with Crippen molar-refractivity contribution >= 4 is 15.9 Å². The highest BCUT2D eigenvalue weighted by molar-refractivity contribution is 9.10. The van der Waals surface area contributed by atoms with E-state index >= 15 is 0 Å². The van der Waals surface area contributed by atoms with Gasteiger partial charge in [-0.1, -0.05) is 12.8 Å². The largest absolute Gasteiger partial charge is 0.372 e. The maximum Gasteiger partial charge on any atom is 0.0891 e. The van der Waals surface area contributed by atoms with Gasteiger partial charge in [0.1, 0.15) is 0 Å². The molecular formula is C13H19BrN2O. The van der Waals surface area contributed by atoms with Crippen molar-refractivity contribution < 1.29 is 4.74 Å². The van der Waals surface area contributed by atoms with Crippen LogP contribution in [0.3, 0.4) is 0 Å². The summed E-state index contributed by atoms with van der Waals surface area (Å²) < 4.78 is 6.95. The normalized spacial score (nSPS) is 24.8. The third-order valence-corrected chi connectivity index (χ3v) is 3.85. The van der Waals surface area contributed by atoms with Gasteiger partial charge in [-0.25, -0.2) is 0 Å². The number of halogens is 1. The minimum absolute atomic E-state index is 0.319. The van der Waals surface area contributed by atoms with Crippen LogP contribution in [0.25, 0.3) is 0 Å². The molecule has 0 spiro atoms. The van der Waals surface area contributed by atoms with Crippen molar-refractivity contribution in [2.45, 2.75) is 38.4 Å². The van der Waals surface area contributed by atoms with E-state index in [-0.39, 0.29) is 0 Å². The SMILES string of the molecule is NCC1CCCCC1OCc1ccc(Br)cn1. The highest BCUT2D eigenvalue weighted by Crippen LogP contribution is 2.26. The molecule has 3 nitrogen and oxygen atoms in total. The second-order valence-electron chi connectivity index (χ2n) is 4.60. The summed E-state index contributed by atoms with van der Waals surface area (Å²) in [5.74, 6) is 0.527. The Morgan fingerprint density at radius 3 is 2.88 bits per heavy atom. The molecule has 2 N–H and O–H groups in total. The average molecular weight is 299 g/mol. The van der Waals surface area contributed by atoms with E-state index in [1.165, 1.54) is 19.3 Å². The van der Waals surface area contributed by atoms with E-state index in [4.69, 9.17) is 10.5 Å². The number of nitrogens with zero attached hydrogens (tertiary/aromatic N) is 1. The van der Waals surface area contributed by atoms with Crippen molar-refractivity contribution in [3.63, 3.8) is 0 Å². The molecule has 2 unspecified atom stereocenters. The van der Waals surface area contributed by atoms with E-state index in [1.807, 2.05) is 12.1 Å². The van der Waals surface area contributed by atoms with E-state index in [2.05, 4.69) is 20.9 Å². The van der Waals surface area contributed by atoms with Gasteiger partial charge in [-0.2, -0.15) is 0 Å². The second kappa shape index (κ2) is 6.47. The molecule has 1 aromatic rings. The summed E-state index contributed by atoms with van der Waals surface area (Å²) >= 11 is 3.37. The molecule has 4 heteroatoms. The highest BCUT2D eigenvalue weighted by Gasteiger charge is 2.24. The van der Waals surface area contributed by atoms with Crippen molar-refractivity contribution in [3.05, 3.63) is 28.5 Å². The monoisotopic (exact) mass is 298 g/mol. The first-order valence-electron chi connectivity index (χ1n) is 6.21. The van der Waals surface area contributed by atoms with Crippen LogP contribution in [-0.4, -0.2) is 17.6 Å². The number of nitrogens with two attached hydrogens (primary N) is 1. The van der Waals surface area contributed by atoms with Gasteiger partial charge in [0.25, 0.3) is 0 Å². The Morgan fingerprint density at radius 2 is 2.18 bits per heavy atom. The third-order valence-electron chi connectivity index (χ3n) is 3.38. The van der Waals surface area contributed by atoms with Crippen LogP contribution in [0.2, 0.25) is 0 Å². The predicted octanol–water partition coefficient (Wildman–Crippen LogP) is 2.88. The smallest absolute Gasteiger partial charge is 0.0891 e. The van der Waals surface area contributed by atoms with Gasteiger partial charge in [0.15, 0.2) is 0 Å². The Kier molecular flexibility index (Phi) is 4.95. The molecule has 2 rings (SSSR count). The zero-order valence-corrected chi connectivity index (χ0v) is 11.5. The highest BCUT2D eigenvalue weighted by atomic mass is 79.9. The van der Waals surface area contributed by atoms with E-state index in [0.29, 0.717) is 18.6 Å². The molecule has 1 saturated carbocycles. The molecule has 0 radical (unpaired) electrons. The Hall–Kier alpha value is -0.450. The molecular weight excluding hydrogens is 280 g/mol. The number of hydrogen-bond donors (Lipinski definition) is 1. The molecule has 2 atom stereocenters. The lowest BCUT2D eigenvalue weighted by atomic mass is 9.86. The minimum Gasteiger partial charge on any atom is -0.372 e. The van der Waals surface area contributed by atoms with Gasteiger partial charge < -0.3 is 10.5 Å². The maximum absolute atomic E-state index is 5.95. The molecule has 1 aromatic heterocycles. The number of aromatic nitrogens is 1. The number of ether oxygens (including phenoxy) is 1. The van der Waals surface area contributed by atoms with Crippen LogP contribution in [0.1, 0.15) is 31.4 Å². The fourth-order valence-corrected chi connectivity index (χ4v) is 2.58. The molecule has 1 fully saturated rings. The van der Waals surface area contributed by atoms with Gasteiger partial charge in [-0.05, 0) is 53.4 Å². The van der Waals surface area contributed by atoms with Crippen molar-refractivity contribution in [1.29, 1.82) is 0 Å². The summed E-state index contributed by atoms with van der Waals surface area (Å²) in [6.07, 6.45) is 7.01. The number of rotatable bonds is 4. The molecule has 0 bridgehead atoms. The summed E-state index contributed by atoms with van der Waals surface area (Å²) in [6.45, 7) is 1.33. The fourth-order valence-electron chi connectivity index (χ4n) is 2.35. The van der Waals surface area contributed by atoms with E-state index < -0.39 is 0 Å². The van der Waals surface area contributed by atoms with Gasteiger partial charge in [0.05, 0.1) is 18.4 Å². The molecule has 1 aliphatic carbocycles. The lowest BCUT2D eigenvalue weighted by Crippen LogP contribution is -2.33. The van der Waals surface area contributed by atoms with Gasteiger partial charge in [-0.3, -0.25) is 4.98 Å². The molecule has 94 valence electrons. The number of hydrogen-bond acceptors (Lipinski definition) is 3. The van der Waals surface area contributed by atoms with Crippen LogP contribution in [0.4, 0.5) is 0 Å². The molecule has 0 aliphatic heterocycles. The zero-order valence-electron chi connectivity index (χ0n) is 9.94. The van der Waals surface area contributed by atoms with E-state index in [0.717, 1.165) is 23.1 Å². The lowest BCUT2D eigenvalue weighted by molar-refractivity contribution is -0.0196. The first-order valence-corrected chi connectivity index (χ1v) is 7.01. The van der Waals surface area contributed by atoms with Gasteiger partial charge in [0, 0.05) is 10.7 Å². The number of pyridine rings is 1. The van der Waals surface area contributed by atoms with Crippen molar-refractivity contribution in [3.8, 4) is 0 Å². The van der Waals surface area contributed by atoms with Crippen LogP contribution < -0.4 is 5.73 Å². The van der Waals surface area contributed by atoms with Crippen LogP contribution in [0.5, 0.6) is 0 Å². The maximum atomic E-state index is 5.95. The van der Waals surface area contributed by atoms with E-state index in [1.54, 1.807) is 6.20 Å². The molecule has 17 heavy (non-hydrogen) atoms. The van der Waals surface area contributed by atoms with Crippen LogP contribution in [0, 0.1) is 5.92 Å². The summed E-state index contributed by atoms with van der Waals surface area (Å²) in [4.78, 5) is 4.31. The summed E-state index contributed by atoms with van der Waals surface area (Å²) in [5, 5.41) is 0. The minimum atomic E-state index is 0.319. The third kappa shape index (κ3) is 3.76. The van der Waals surface area contributed by atoms with Crippen LogP contribution in [-0.2, 0) is 11.3 Å². The van der Waals surface area contributed by atoms with Crippen molar-refractivity contribution in [2.75, 3.05) is 6.54 Å². The van der Waals surface area contributed by atoms with Crippen LogP contribution in [0.15, 0.2) is 22.8 Å². The standard InChI is InChI=1S/C13H19BrN2O/c14-11-5-6-12(16-8-11)9-17-13-4-2-1-3-10(13)7-15/h5-6,8,10,13H,1-4,7,9,15H2. The lowest BCUT2D eigenvalue weighted by Gasteiger charge is -2.30. The Morgan fingerprint density at radius 1 is 1.35 bits per heavy atom. The van der Waals surface area contributed by atoms with Gasteiger partial charge in [-0.15, -0.1) is 0 Å². The zero-order chi connectivity index (χ0) is 12.1. The van der Waals surface area contributed by atoms with Crippen molar-refractivity contribution in [2.24, 2.45) is 11.7 Å². The summed E-state index contributed by atoms with van der Waals surface area (Å²) in [7, 11) is 0. The van der Waals surface area contributed by atoms with Gasteiger partial charge >= 0.3 is 0 Å². The predicted molar refractivity (Wildman–Crippen MR) is 71.5 cm³/mol. The molecule has 1 heterocycles. The van der Waals surface area contributed by atoms with Gasteiger partial charge in [0.2, 0.25) is 0 Å². The van der Waals surface area contributed by atoms with Crippen molar-refractivity contribution in [1.82, 2.24) is 4.98 Å². The quantitative estimate of drug-likeness (QED) is 0.930. The first-order chi connectivity index (χ1) is 8.29. The molecule has 0 aromatic carbocycles. The Bertz CT molecular complexity index is 342.